The fraction of sp³-hybridized carbons (Fsp3) is 0.417. The fourth-order valence-corrected chi connectivity index (χ4v) is 5.40. The van der Waals surface area contributed by atoms with E-state index >= 15 is 0 Å². The van der Waals surface area contributed by atoms with Gasteiger partial charge in [0, 0.05) is 37.9 Å². The number of aromatic nitrogens is 5. The third kappa shape index (κ3) is 4.54. The summed E-state index contributed by atoms with van der Waals surface area (Å²) in [6.45, 7) is 2.94. The predicted octanol–water partition coefficient (Wildman–Crippen LogP) is 2.61. The number of amides is 2. The second-order valence-electron chi connectivity index (χ2n) is 8.93. The van der Waals surface area contributed by atoms with Gasteiger partial charge in [0.1, 0.15) is 11.6 Å². The Kier molecular flexibility index (Phi) is 6.32. The summed E-state index contributed by atoms with van der Waals surface area (Å²) in [6.07, 6.45) is 6.42. The highest BCUT2D eigenvalue weighted by Gasteiger charge is 2.43. The molecule has 2 aromatic heterocycles. The van der Waals surface area contributed by atoms with Gasteiger partial charge in [-0.25, -0.2) is 4.98 Å². The number of hydrogen-bond donors (Lipinski definition) is 0. The highest BCUT2D eigenvalue weighted by molar-refractivity contribution is 7.98. The van der Waals surface area contributed by atoms with Crippen molar-refractivity contribution in [3.63, 3.8) is 0 Å². The van der Waals surface area contributed by atoms with Crippen molar-refractivity contribution in [3.8, 4) is 11.4 Å². The average Bonchev–Trinajstić information content (AvgIpc) is 3.52. The molecule has 4 heterocycles. The second kappa shape index (κ2) is 9.54. The molecule has 3 aromatic rings. The Morgan fingerprint density at radius 3 is 2.47 bits per heavy atom. The van der Waals surface area contributed by atoms with E-state index in [1.54, 1.807) is 6.20 Å². The zero-order chi connectivity index (χ0) is 23.5. The molecule has 0 unspecified atom stereocenters. The van der Waals surface area contributed by atoms with Gasteiger partial charge in [-0.1, -0.05) is 30.3 Å². The summed E-state index contributed by atoms with van der Waals surface area (Å²) in [5.74, 6) is 0.568. The molecule has 2 fully saturated rings. The van der Waals surface area contributed by atoms with Crippen molar-refractivity contribution in [3.05, 3.63) is 54.2 Å². The van der Waals surface area contributed by atoms with Crippen LogP contribution in [0.5, 0.6) is 0 Å². The molecule has 0 N–H and O–H groups in total. The molecular weight excluding hydrogens is 450 g/mol. The van der Waals surface area contributed by atoms with Crippen molar-refractivity contribution in [2.24, 2.45) is 5.41 Å². The molecule has 34 heavy (non-hydrogen) atoms. The molecule has 0 atom stereocenters. The minimum absolute atomic E-state index is 0.00682. The molecule has 2 aliphatic heterocycles. The van der Waals surface area contributed by atoms with Crippen LogP contribution in [0.15, 0.2) is 53.7 Å². The van der Waals surface area contributed by atoms with E-state index in [4.69, 9.17) is 0 Å². The number of carbonyl (C=O) groups excluding carboxylic acids is 2. The highest BCUT2D eigenvalue weighted by Crippen LogP contribution is 2.40. The number of pyridine rings is 1. The molecular formula is C24H27N7O2S. The van der Waals surface area contributed by atoms with Gasteiger partial charge < -0.3 is 9.80 Å². The minimum Gasteiger partial charge on any atom is -0.340 e. The first kappa shape index (κ1) is 22.5. The van der Waals surface area contributed by atoms with Crippen LogP contribution in [-0.2, 0) is 11.3 Å². The molecule has 176 valence electrons. The summed E-state index contributed by atoms with van der Waals surface area (Å²) in [7, 11) is 0. The Hall–Kier alpha value is -3.27. The van der Waals surface area contributed by atoms with Crippen LogP contribution in [0.2, 0.25) is 0 Å². The molecule has 1 spiro atoms. The second-order valence-corrected chi connectivity index (χ2v) is 9.72. The van der Waals surface area contributed by atoms with Crippen LogP contribution in [0.3, 0.4) is 0 Å². The summed E-state index contributed by atoms with van der Waals surface area (Å²) in [5, 5.41) is 13.3. The highest BCUT2D eigenvalue weighted by atomic mass is 32.2. The molecule has 10 heteroatoms. The van der Waals surface area contributed by atoms with Gasteiger partial charge in [0.15, 0.2) is 0 Å². The summed E-state index contributed by atoms with van der Waals surface area (Å²) in [6, 6.07) is 13.3. The topological polar surface area (TPSA) is 97.1 Å². The number of likely N-dealkylation sites (tertiary alicyclic amines) is 2. The van der Waals surface area contributed by atoms with E-state index in [2.05, 4.69) is 20.4 Å². The number of nitrogens with zero attached hydrogens (tertiary/aromatic N) is 7. The van der Waals surface area contributed by atoms with Gasteiger partial charge in [-0.05, 0) is 48.3 Å². The molecule has 0 radical (unpaired) electrons. The van der Waals surface area contributed by atoms with E-state index < -0.39 is 0 Å². The Morgan fingerprint density at radius 2 is 1.74 bits per heavy atom. The van der Waals surface area contributed by atoms with E-state index in [-0.39, 0.29) is 23.8 Å². The normalized spacial score (nSPS) is 17.3. The van der Waals surface area contributed by atoms with Crippen LogP contribution in [0.25, 0.3) is 11.4 Å². The van der Waals surface area contributed by atoms with Crippen molar-refractivity contribution in [2.45, 2.75) is 30.8 Å². The van der Waals surface area contributed by atoms with Crippen LogP contribution in [0, 0.1) is 5.41 Å². The first-order valence-electron chi connectivity index (χ1n) is 11.5. The maximum absolute atomic E-state index is 13.0. The summed E-state index contributed by atoms with van der Waals surface area (Å²) in [4.78, 5) is 35.5. The van der Waals surface area contributed by atoms with Crippen LogP contribution < -0.4 is 0 Å². The van der Waals surface area contributed by atoms with Crippen molar-refractivity contribution in [2.75, 3.05) is 32.4 Å². The first-order valence-corrected chi connectivity index (χ1v) is 12.7. The van der Waals surface area contributed by atoms with Crippen molar-refractivity contribution in [1.29, 1.82) is 0 Å². The van der Waals surface area contributed by atoms with Gasteiger partial charge in [0.25, 0.3) is 5.91 Å². The largest absolute Gasteiger partial charge is 0.340 e. The molecule has 2 saturated heterocycles. The van der Waals surface area contributed by atoms with Crippen molar-refractivity contribution >= 4 is 23.6 Å². The SMILES string of the molecule is CSc1ncccc1C(=O)N1CCC2(CCN(C(=O)Cn3nnc(-c4ccccc4)n3)C2)CC1. The Labute approximate surface area is 202 Å². The Balaban J connectivity index is 1.17. The number of hydrogen-bond acceptors (Lipinski definition) is 7. The van der Waals surface area contributed by atoms with Gasteiger partial charge in [0.05, 0.1) is 5.56 Å². The molecule has 0 bridgehead atoms. The zero-order valence-electron chi connectivity index (χ0n) is 19.1. The zero-order valence-corrected chi connectivity index (χ0v) is 19.9. The molecule has 0 aliphatic carbocycles. The standard InChI is InChI=1S/C24H27N7O2S/c1-34-22-19(8-5-12-25-22)23(33)29-13-9-24(10-14-29)11-15-30(17-24)20(32)16-31-27-21(26-28-31)18-6-3-2-4-7-18/h2-8,12H,9-11,13-17H2,1H3. The Bertz CT molecular complexity index is 1170. The fourth-order valence-electron chi connectivity index (χ4n) is 4.86. The van der Waals surface area contributed by atoms with E-state index in [0.29, 0.717) is 24.5 Å². The quantitative estimate of drug-likeness (QED) is 0.521. The van der Waals surface area contributed by atoms with Crippen LogP contribution in [-0.4, -0.2) is 79.2 Å². The lowest BCUT2D eigenvalue weighted by Crippen LogP contribution is -2.45. The van der Waals surface area contributed by atoms with E-state index in [9.17, 15) is 9.59 Å². The summed E-state index contributed by atoms with van der Waals surface area (Å²) >= 11 is 1.49. The molecule has 5 rings (SSSR count). The maximum Gasteiger partial charge on any atom is 0.256 e. The van der Waals surface area contributed by atoms with E-state index in [1.807, 2.05) is 58.5 Å². The first-order chi connectivity index (χ1) is 16.6. The number of piperidine rings is 1. The molecule has 2 amide bonds. The number of thioether (sulfide) groups is 1. The van der Waals surface area contributed by atoms with Crippen LogP contribution in [0.4, 0.5) is 0 Å². The number of rotatable bonds is 5. The van der Waals surface area contributed by atoms with E-state index in [0.717, 1.165) is 42.9 Å². The molecule has 2 aliphatic rings. The number of tetrazole rings is 1. The molecule has 0 saturated carbocycles. The van der Waals surface area contributed by atoms with Crippen molar-refractivity contribution in [1.82, 2.24) is 35.0 Å². The van der Waals surface area contributed by atoms with Gasteiger partial charge in [-0.3, -0.25) is 9.59 Å². The Morgan fingerprint density at radius 1 is 1.00 bits per heavy atom. The van der Waals surface area contributed by atoms with Gasteiger partial charge >= 0.3 is 0 Å². The number of benzene rings is 1. The lowest BCUT2D eigenvalue weighted by atomic mass is 9.77. The lowest BCUT2D eigenvalue weighted by molar-refractivity contribution is -0.131. The third-order valence-electron chi connectivity index (χ3n) is 6.86. The maximum atomic E-state index is 13.0. The van der Waals surface area contributed by atoms with E-state index in [1.165, 1.54) is 16.6 Å². The van der Waals surface area contributed by atoms with Crippen molar-refractivity contribution < 1.29 is 9.59 Å². The minimum atomic E-state index is 0.00682. The third-order valence-corrected chi connectivity index (χ3v) is 7.57. The summed E-state index contributed by atoms with van der Waals surface area (Å²) < 4.78 is 0. The van der Waals surface area contributed by atoms with Gasteiger partial charge in [-0.15, -0.1) is 22.0 Å². The van der Waals surface area contributed by atoms with Crippen LogP contribution >= 0.6 is 11.8 Å². The monoisotopic (exact) mass is 477 g/mol. The molecule has 1 aromatic carbocycles. The van der Waals surface area contributed by atoms with Gasteiger partial charge in [0.2, 0.25) is 11.7 Å². The average molecular weight is 478 g/mol. The van der Waals surface area contributed by atoms with Gasteiger partial charge in [-0.2, -0.15) is 4.80 Å². The lowest BCUT2D eigenvalue weighted by Gasteiger charge is -2.39. The molecule has 9 nitrogen and oxygen atoms in total. The smallest absolute Gasteiger partial charge is 0.256 e. The van der Waals surface area contributed by atoms with Crippen LogP contribution in [0.1, 0.15) is 29.6 Å². The summed E-state index contributed by atoms with van der Waals surface area (Å²) in [5.41, 5.74) is 1.62. The predicted molar refractivity (Wildman–Crippen MR) is 128 cm³/mol. The number of carbonyl (C=O) groups is 2.